The molecule has 3 aromatic carbocycles. The minimum Gasteiger partial charge on any atom is -0.497 e. The van der Waals surface area contributed by atoms with Crippen molar-refractivity contribution in [3.8, 4) is 11.5 Å². The molecule has 0 spiro atoms. The Morgan fingerprint density at radius 3 is 2.00 bits per heavy atom. The second kappa shape index (κ2) is 11.3. The second-order valence-corrected chi connectivity index (χ2v) is 8.87. The molecule has 0 radical (unpaired) electrons. The maximum atomic E-state index is 12.7. The van der Waals surface area contributed by atoms with Crippen LogP contribution in [0.4, 0.5) is 11.4 Å². The van der Waals surface area contributed by atoms with Gasteiger partial charge in [0.25, 0.3) is 5.91 Å². The molecule has 0 fully saturated rings. The first-order valence-electron chi connectivity index (χ1n) is 10.3. The van der Waals surface area contributed by atoms with Crippen molar-refractivity contribution in [2.24, 2.45) is 0 Å². The van der Waals surface area contributed by atoms with E-state index in [-0.39, 0.29) is 23.4 Å². The molecule has 34 heavy (non-hydrogen) atoms. The van der Waals surface area contributed by atoms with Crippen molar-refractivity contribution in [1.82, 2.24) is 4.72 Å². The molecule has 0 aromatic heterocycles. The number of rotatable bonds is 10. The van der Waals surface area contributed by atoms with Gasteiger partial charge in [0.05, 0.1) is 30.4 Å². The average molecular weight is 484 g/mol. The van der Waals surface area contributed by atoms with E-state index in [2.05, 4.69) is 15.4 Å². The zero-order valence-electron chi connectivity index (χ0n) is 18.7. The van der Waals surface area contributed by atoms with Crippen LogP contribution in [-0.2, 0) is 14.8 Å². The molecular formula is C24H25N3O6S. The molecule has 9 nitrogen and oxygen atoms in total. The smallest absolute Gasteiger partial charge is 0.257 e. The number of sulfonamides is 1. The quantitative estimate of drug-likeness (QED) is 0.407. The first kappa shape index (κ1) is 24.7. The number of carbonyl (C=O) groups excluding carboxylic acids is 2. The molecule has 3 rings (SSSR count). The standard InChI is InChI=1S/C24H25N3O6S/c1-32-18-9-7-17(8-10-18)26-24(29)21-5-3-4-6-22(21)27-23(28)15-16-25-34(30,31)20-13-11-19(33-2)12-14-20/h3-14,25H,15-16H2,1-2H3,(H,26,29)(H,27,28). The molecule has 3 N–H and O–H groups in total. The highest BCUT2D eigenvalue weighted by Gasteiger charge is 2.16. The number of carbonyl (C=O) groups is 2. The van der Waals surface area contributed by atoms with E-state index in [1.54, 1.807) is 55.6 Å². The predicted octanol–water partition coefficient (Wildman–Crippen LogP) is 3.26. The number of anilines is 2. The molecule has 0 aliphatic heterocycles. The summed E-state index contributed by atoms with van der Waals surface area (Å²) in [6, 6.07) is 19.3. The van der Waals surface area contributed by atoms with Gasteiger partial charge in [0.2, 0.25) is 15.9 Å². The van der Waals surface area contributed by atoms with Crippen LogP contribution in [-0.4, -0.2) is 41.0 Å². The predicted molar refractivity (Wildman–Crippen MR) is 129 cm³/mol. The number of ether oxygens (including phenoxy) is 2. The van der Waals surface area contributed by atoms with Crippen LogP contribution in [0.2, 0.25) is 0 Å². The van der Waals surface area contributed by atoms with Gasteiger partial charge in [0, 0.05) is 18.7 Å². The fourth-order valence-electron chi connectivity index (χ4n) is 3.01. The van der Waals surface area contributed by atoms with E-state index >= 15 is 0 Å². The second-order valence-electron chi connectivity index (χ2n) is 7.10. The summed E-state index contributed by atoms with van der Waals surface area (Å²) in [5, 5.41) is 5.43. The van der Waals surface area contributed by atoms with Gasteiger partial charge in [0.1, 0.15) is 11.5 Å². The Hall–Kier alpha value is -3.89. The molecule has 0 bridgehead atoms. The summed E-state index contributed by atoms with van der Waals surface area (Å²) in [7, 11) is -0.734. The van der Waals surface area contributed by atoms with Crippen LogP contribution in [0.1, 0.15) is 16.8 Å². The van der Waals surface area contributed by atoms with Crippen LogP contribution in [0.25, 0.3) is 0 Å². The number of nitrogens with one attached hydrogen (secondary N) is 3. The highest BCUT2D eigenvalue weighted by Crippen LogP contribution is 2.20. The number of hydrogen-bond acceptors (Lipinski definition) is 6. The van der Waals surface area contributed by atoms with Gasteiger partial charge in [-0.3, -0.25) is 9.59 Å². The third-order valence-corrected chi connectivity index (χ3v) is 6.28. The SMILES string of the molecule is COc1ccc(NC(=O)c2ccccc2NC(=O)CCNS(=O)(=O)c2ccc(OC)cc2)cc1. The molecule has 0 atom stereocenters. The largest absolute Gasteiger partial charge is 0.497 e. The Morgan fingerprint density at radius 2 is 1.38 bits per heavy atom. The number of benzene rings is 3. The lowest BCUT2D eigenvalue weighted by atomic mass is 10.1. The van der Waals surface area contributed by atoms with E-state index < -0.39 is 21.8 Å². The van der Waals surface area contributed by atoms with Crippen molar-refractivity contribution < 1.29 is 27.5 Å². The zero-order valence-corrected chi connectivity index (χ0v) is 19.5. The van der Waals surface area contributed by atoms with Gasteiger partial charge < -0.3 is 20.1 Å². The summed E-state index contributed by atoms with van der Waals surface area (Å²) in [5.74, 6) is 0.352. The molecule has 2 amide bonds. The van der Waals surface area contributed by atoms with Gasteiger partial charge >= 0.3 is 0 Å². The van der Waals surface area contributed by atoms with Gasteiger partial charge in [-0.05, 0) is 60.7 Å². The van der Waals surface area contributed by atoms with E-state index in [0.29, 0.717) is 22.9 Å². The minimum atomic E-state index is -3.77. The Balaban J connectivity index is 1.57. The van der Waals surface area contributed by atoms with Gasteiger partial charge in [-0.15, -0.1) is 0 Å². The summed E-state index contributed by atoms with van der Waals surface area (Å²) in [5.41, 5.74) is 1.15. The summed E-state index contributed by atoms with van der Waals surface area (Å²) in [6.45, 7) is -0.111. The monoisotopic (exact) mass is 483 g/mol. The molecule has 10 heteroatoms. The zero-order chi connectivity index (χ0) is 24.6. The molecule has 3 aromatic rings. The number of amides is 2. The van der Waals surface area contributed by atoms with E-state index in [9.17, 15) is 18.0 Å². The summed E-state index contributed by atoms with van der Waals surface area (Å²) < 4.78 is 37.3. The van der Waals surface area contributed by atoms with Crippen LogP contribution in [0, 0.1) is 0 Å². The lowest BCUT2D eigenvalue weighted by Gasteiger charge is -2.12. The fraction of sp³-hybridized carbons (Fsp3) is 0.167. The van der Waals surface area contributed by atoms with Crippen LogP contribution in [0.5, 0.6) is 11.5 Å². The number of para-hydroxylation sites is 1. The maximum Gasteiger partial charge on any atom is 0.257 e. The summed E-state index contributed by atoms with van der Waals surface area (Å²) >= 11 is 0. The van der Waals surface area contributed by atoms with Gasteiger partial charge in [-0.1, -0.05) is 12.1 Å². The van der Waals surface area contributed by atoms with Crippen LogP contribution < -0.4 is 24.8 Å². The molecule has 178 valence electrons. The average Bonchev–Trinajstić information content (AvgIpc) is 2.84. The van der Waals surface area contributed by atoms with E-state index in [1.807, 2.05) is 0 Å². The van der Waals surface area contributed by atoms with Crippen LogP contribution >= 0.6 is 0 Å². The number of hydrogen-bond donors (Lipinski definition) is 3. The van der Waals surface area contributed by atoms with Crippen molar-refractivity contribution >= 4 is 33.2 Å². The molecule has 0 saturated heterocycles. The Bertz CT molecular complexity index is 1240. The van der Waals surface area contributed by atoms with Crippen molar-refractivity contribution in [2.45, 2.75) is 11.3 Å². The summed E-state index contributed by atoms with van der Waals surface area (Å²) in [6.07, 6.45) is -0.121. The topological polar surface area (TPSA) is 123 Å². The Morgan fingerprint density at radius 1 is 0.794 bits per heavy atom. The minimum absolute atomic E-state index is 0.0641. The first-order chi connectivity index (χ1) is 16.3. The third-order valence-electron chi connectivity index (χ3n) is 4.81. The lowest BCUT2D eigenvalue weighted by Crippen LogP contribution is -2.28. The van der Waals surface area contributed by atoms with Crippen molar-refractivity contribution in [1.29, 1.82) is 0 Å². The van der Waals surface area contributed by atoms with E-state index in [0.717, 1.165) is 0 Å². The molecular weight excluding hydrogens is 458 g/mol. The van der Waals surface area contributed by atoms with Crippen molar-refractivity contribution in [2.75, 3.05) is 31.4 Å². The van der Waals surface area contributed by atoms with Crippen molar-refractivity contribution in [3.63, 3.8) is 0 Å². The molecule has 0 saturated carbocycles. The number of methoxy groups -OCH3 is 2. The molecule has 0 unspecified atom stereocenters. The third kappa shape index (κ3) is 6.56. The fourth-order valence-corrected chi connectivity index (χ4v) is 4.04. The van der Waals surface area contributed by atoms with Crippen molar-refractivity contribution in [3.05, 3.63) is 78.4 Å². The highest BCUT2D eigenvalue weighted by molar-refractivity contribution is 7.89. The molecule has 0 aliphatic carbocycles. The van der Waals surface area contributed by atoms with Gasteiger partial charge in [-0.25, -0.2) is 13.1 Å². The molecule has 0 heterocycles. The van der Waals surface area contributed by atoms with Crippen LogP contribution in [0.3, 0.4) is 0 Å². The Labute approximate surface area is 198 Å². The lowest BCUT2D eigenvalue weighted by molar-refractivity contribution is -0.116. The summed E-state index contributed by atoms with van der Waals surface area (Å²) in [4.78, 5) is 25.2. The maximum absolute atomic E-state index is 12.7. The van der Waals surface area contributed by atoms with Gasteiger partial charge in [0.15, 0.2) is 0 Å². The van der Waals surface area contributed by atoms with Gasteiger partial charge in [-0.2, -0.15) is 0 Å². The first-order valence-corrected chi connectivity index (χ1v) is 11.8. The normalized spacial score (nSPS) is 10.9. The van der Waals surface area contributed by atoms with E-state index in [1.165, 1.54) is 31.4 Å². The Kier molecular flexibility index (Phi) is 8.23. The highest BCUT2D eigenvalue weighted by atomic mass is 32.2. The van der Waals surface area contributed by atoms with Crippen LogP contribution in [0.15, 0.2) is 77.7 Å². The van der Waals surface area contributed by atoms with E-state index in [4.69, 9.17) is 9.47 Å². The molecule has 0 aliphatic rings.